The predicted octanol–water partition coefficient (Wildman–Crippen LogP) is 11.7. The molecule has 6 aliphatic rings. The number of benzene rings is 4. The molecule has 5 saturated carbocycles. The van der Waals surface area contributed by atoms with Crippen molar-refractivity contribution in [2.75, 3.05) is 4.90 Å². The molecular weight excluding hydrogens is 518 g/mol. The third-order valence-corrected chi connectivity index (χ3v) is 12.6. The molecule has 0 saturated heterocycles. The summed E-state index contributed by atoms with van der Waals surface area (Å²) in [5.74, 6) is 5.43. The summed E-state index contributed by atoms with van der Waals surface area (Å²) >= 11 is 0. The first-order chi connectivity index (χ1) is 21.0. The lowest BCUT2D eigenvalue weighted by Crippen LogP contribution is -2.21. The fourth-order valence-corrected chi connectivity index (χ4v) is 10.7. The molecule has 5 unspecified atom stereocenters. The number of fused-ring (bicyclic) bond motifs is 3. The van der Waals surface area contributed by atoms with Crippen molar-refractivity contribution in [2.45, 2.75) is 88.9 Å². The molecule has 1 nitrogen and oxygen atoms in total. The third-order valence-electron chi connectivity index (χ3n) is 12.6. The van der Waals surface area contributed by atoms with Gasteiger partial charge in [-0.15, -0.1) is 0 Å². The molecular formula is C42H45N. The van der Waals surface area contributed by atoms with E-state index in [4.69, 9.17) is 0 Å². The van der Waals surface area contributed by atoms with E-state index in [0.717, 1.165) is 35.5 Å². The zero-order valence-corrected chi connectivity index (χ0v) is 25.9. The SMILES string of the molecule is CC1(C)c2ccccc2-c2ccc(N(c3ccc(C4CCCCC4)cc3)c3ccc(C4C5CC6CC(C5)C4C6)cc3)cc21. The Balaban J connectivity index is 1.11. The molecule has 218 valence electrons. The van der Waals surface area contributed by atoms with Gasteiger partial charge in [-0.1, -0.05) is 87.7 Å². The summed E-state index contributed by atoms with van der Waals surface area (Å²) in [7, 11) is 0. The molecule has 6 aliphatic carbocycles. The monoisotopic (exact) mass is 563 g/mol. The van der Waals surface area contributed by atoms with E-state index in [1.165, 1.54) is 103 Å². The first kappa shape index (κ1) is 26.1. The lowest BCUT2D eigenvalue weighted by molar-refractivity contribution is 0.249. The maximum atomic E-state index is 2.51. The quantitative estimate of drug-likeness (QED) is 0.233. The summed E-state index contributed by atoms with van der Waals surface area (Å²) in [5.41, 5.74) is 12.6. The van der Waals surface area contributed by atoms with Gasteiger partial charge >= 0.3 is 0 Å². The molecule has 0 N–H and O–H groups in total. The highest BCUT2D eigenvalue weighted by atomic mass is 15.1. The van der Waals surface area contributed by atoms with Gasteiger partial charge in [-0.25, -0.2) is 0 Å². The molecule has 0 spiro atoms. The number of nitrogens with zero attached hydrogens (tertiary/aromatic N) is 1. The maximum absolute atomic E-state index is 2.51. The average Bonchev–Trinajstić information content (AvgIpc) is 3.57. The highest BCUT2D eigenvalue weighted by Crippen LogP contribution is 2.64. The second kappa shape index (κ2) is 9.85. The zero-order valence-electron chi connectivity index (χ0n) is 25.9. The van der Waals surface area contributed by atoms with Crippen LogP contribution in [0.5, 0.6) is 0 Å². The van der Waals surface area contributed by atoms with Crippen LogP contribution in [0.15, 0.2) is 91.0 Å². The lowest BCUT2D eigenvalue weighted by Gasteiger charge is -2.33. The van der Waals surface area contributed by atoms with Crippen LogP contribution in [0.2, 0.25) is 0 Å². The van der Waals surface area contributed by atoms with Gasteiger partial charge in [0.25, 0.3) is 0 Å². The van der Waals surface area contributed by atoms with E-state index in [9.17, 15) is 0 Å². The molecule has 4 aromatic carbocycles. The Kier molecular flexibility index (Phi) is 5.98. The number of anilines is 3. The summed E-state index contributed by atoms with van der Waals surface area (Å²) in [6.45, 7) is 4.78. The second-order valence-electron chi connectivity index (χ2n) is 15.3. The van der Waals surface area contributed by atoms with Gasteiger partial charge in [-0.2, -0.15) is 0 Å². The molecule has 5 fully saturated rings. The second-order valence-corrected chi connectivity index (χ2v) is 15.3. The van der Waals surface area contributed by atoms with Crippen LogP contribution in [0.1, 0.15) is 106 Å². The van der Waals surface area contributed by atoms with Crippen LogP contribution in [0.25, 0.3) is 11.1 Å². The van der Waals surface area contributed by atoms with E-state index in [0.29, 0.717) is 0 Å². The Morgan fingerprint density at radius 2 is 1.23 bits per heavy atom. The van der Waals surface area contributed by atoms with E-state index in [1.807, 2.05) is 0 Å². The third kappa shape index (κ3) is 4.10. The molecule has 4 bridgehead atoms. The summed E-state index contributed by atoms with van der Waals surface area (Å²) in [4.78, 5) is 2.51. The molecule has 10 rings (SSSR count). The number of hydrogen-bond acceptors (Lipinski definition) is 1. The maximum Gasteiger partial charge on any atom is 0.0465 e. The zero-order chi connectivity index (χ0) is 28.7. The van der Waals surface area contributed by atoms with Crippen molar-refractivity contribution in [3.05, 3.63) is 113 Å². The topological polar surface area (TPSA) is 3.24 Å². The number of hydrogen-bond donors (Lipinski definition) is 0. The molecule has 0 radical (unpaired) electrons. The van der Waals surface area contributed by atoms with Crippen molar-refractivity contribution in [3.8, 4) is 11.1 Å². The lowest BCUT2D eigenvalue weighted by atomic mass is 9.72. The largest absolute Gasteiger partial charge is 0.310 e. The van der Waals surface area contributed by atoms with Gasteiger partial charge in [0, 0.05) is 22.5 Å². The van der Waals surface area contributed by atoms with Gasteiger partial charge < -0.3 is 4.90 Å². The van der Waals surface area contributed by atoms with E-state index < -0.39 is 0 Å². The number of rotatable bonds is 5. The van der Waals surface area contributed by atoms with Gasteiger partial charge in [-0.05, 0) is 144 Å². The highest BCUT2D eigenvalue weighted by Gasteiger charge is 2.53. The van der Waals surface area contributed by atoms with E-state index >= 15 is 0 Å². The van der Waals surface area contributed by atoms with Crippen LogP contribution in [0, 0.1) is 23.7 Å². The minimum Gasteiger partial charge on any atom is -0.310 e. The van der Waals surface area contributed by atoms with Gasteiger partial charge in [-0.3, -0.25) is 0 Å². The van der Waals surface area contributed by atoms with Crippen LogP contribution in [0.4, 0.5) is 17.1 Å². The van der Waals surface area contributed by atoms with Gasteiger partial charge in [0.2, 0.25) is 0 Å². The minimum atomic E-state index is -0.0107. The molecule has 43 heavy (non-hydrogen) atoms. The molecule has 0 aliphatic heterocycles. The van der Waals surface area contributed by atoms with Crippen molar-refractivity contribution in [3.63, 3.8) is 0 Å². The average molecular weight is 564 g/mol. The van der Waals surface area contributed by atoms with E-state index in [-0.39, 0.29) is 5.41 Å². The molecule has 0 heterocycles. The van der Waals surface area contributed by atoms with E-state index in [2.05, 4.69) is 110 Å². The molecule has 1 heteroatoms. The smallest absolute Gasteiger partial charge is 0.0465 e. The predicted molar refractivity (Wildman–Crippen MR) is 180 cm³/mol. The van der Waals surface area contributed by atoms with Crippen molar-refractivity contribution in [1.82, 2.24) is 0 Å². The van der Waals surface area contributed by atoms with Crippen molar-refractivity contribution < 1.29 is 0 Å². The first-order valence-corrected chi connectivity index (χ1v) is 17.3. The molecule has 0 amide bonds. The fraction of sp³-hybridized carbons (Fsp3) is 0.429. The van der Waals surface area contributed by atoms with Crippen LogP contribution in [0.3, 0.4) is 0 Å². The van der Waals surface area contributed by atoms with Gasteiger partial charge in [0.15, 0.2) is 0 Å². The fourth-order valence-electron chi connectivity index (χ4n) is 10.7. The highest BCUT2D eigenvalue weighted by molar-refractivity contribution is 5.85. The Morgan fingerprint density at radius 1 is 0.581 bits per heavy atom. The summed E-state index contributed by atoms with van der Waals surface area (Å²) in [5, 5.41) is 0. The van der Waals surface area contributed by atoms with Gasteiger partial charge in [0.05, 0.1) is 0 Å². The Labute approximate surface area is 258 Å². The van der Waals surface area contributed by atoms with Crippen molar-refractivity contribution in [2.24, 2.45) is 23.7 Å². The van der Waals surface area contributed by atoms with Crippen LogP contribution in [-0.2, 0) is 5.41 Å². The van der Waals surface area contributed by atoms with Crippen LogP contribution in [-0.4, -0.2) is 0 Å². The van der Waals surface area contributed by atoms with Crippen LogP contribution >= 0.6 is 0 Å². The standard InChI is InChI=1S/C42H45N/c1-42(2)39-11-7-6-10-36(39)37-21-20-35(26-40(37)42)43(33-16-12-29(13-17-33)28-8-4-3-5-9-28)34-18-14-30(15-19-34)41-32-23-27-22-31(25-32)38(41)24-27/h6-7,10-21,26-28,31-32,38,41H,3-5,8-9,22-25H2,1-2H3. The Hall–Kier alpha value is -3.32. The van der Waals surface area contributed by atoms with Crippen LogP contribution < -0.4 is 4.90 Å². The Morgan fingerprint density at radius 3 is 1.98 bits per heavy atom. The first-order valence-electron chi connectivity index (χ1n) is 17.3. The molecule has 0 aromatic heterocycles. The molecule has 4 aromatic rings. The van der Waals surface area contributed by atoms with Gasteiger partial charge in [0.1, 0.15) is 0 Å². The normalized spacial score (nSPS) is 28.2. The minimum absolute atomic E-state index is 0.0107. The summed E-state index contributed by atoms with van der Waals surface area (Å²) in [6.07, 6.45) is 12.8. The molecule has 5 atom stereocenters. The summed E-state index contributed by atoms with van der Waals surface area (Å²) < 4.78 is 0. The van der Waals surface area contributed by atoms with Crippen molar-refractivity contribution in [1.29, 1.82) is 0 Å². The Bertz CT molecular complexity index is 1650. The summed E-state index contributed by atoms with van der Waals surface area (Å²) in [6, 6.07) is 35.7. The van der Waals surface area contributed by atoms with E-state index in [1.54, 1.807) is 5.56 Å². The van der Waals surface area contributed by atoms with Crippen molar-refractivity contribution >= 4 is 17.1 Å².